The first-order valence-corrected chi connectivity index (χ1v) is 7.76. The van der Waals surface area contributed by atoms with E-state index < -0.39 is 12.0 Å². The van der Waals surface area contributed by atoms with Gasteiger partial charge in [-0.3, -0.25) is 4.79 Å². The Morgan fingerprint density at radius 1 is 1.41 bits per heavy atom. The number of benzene rings is 1. The average molecular weight is 305 g/mol. The number of nitrogens with one attached hydrogen (secondary N) is 1. The summed E-state index contributed by atoms with van der Waals surface area (Å²) >= 11 is 0. The van der Waals surface area contributed by atoms with E-state index in [4.69, 9.17) is 9.84 Å². The lowest BCUT2D eigenvalue weighted by atomic mass is 10.1. The van der Waals surface area contributed by atoms with E-state index in [0.29, 0.717) is 25.4 Å². The summed E-state index contributed by atoms with van der Waals surface area (Å²) in [5.41, 5.74) is 1.12. The van der Waals surface area contributed by atoms with Gasteiger partial charge in [0, 0.05) is 6.42 Å². The fourth-order valence-electron chi connectivity index (χ4n) is 2.30. The first-order chi connectivity index (χ1) is 10.5. The van der Waals surface area contributed by atoms with Crippen LogP contribution >= 0.6 is 0 Å². The van der Waals surface area contributed by atoms with Crippen molar-refractivity contribution in [3.05, 3.63) is 29.8 Å². The van der Waals surface area contributed by atoms with Crippen LogP contribution in [0.25, 0.3) is 0 Å². The fourth-order valence-corrected chi connectivity index (χ4v) is 2.30. The molecule has 0 aromatic heterocycles. The van der Waals surface area contributed by atoms with Crippen LogP contribution in [0, 0.1) is 12.8 Å². The van der Waals surface area contributed by atoms with Crippen LogP contribution in [0.4, 0.5) is 0 Å². The summed E-state index contributed by atoms with van der Waals surface area (Å²) in [6.07, 6.45) is 3.53. The number of aliphatic carboxylic acids is 1. The Balaban J connectivity index is 1.65. The number of rotatable bonds is 9. The first kappa shape index (κ1) is 16.3. The molecule has 1 aromatic carbocycles. The molecule has 1 saturated carbocycles. The molecule has 120 valence electrons. The Labute approximate surface area is 130 Å². The summed E-state index contributed by atoms with van der Waals surface area (Å²) in [5.74, 6) is 0.0840. The van der Waals surface area contributed by atoms with E-state index in [0.717, 1.165) is 24.2 Å². The van der Waals surface area contributed by atoms with Gasteiger partial charge in [-0.2, -0.15) is 0 Å². The Hall–Kier alpha value is -2.04. The molecule has 2 N–H and O–H groups in total. The van der Waals surface area contributed by atoms with Gasteiger partial charge in [0.2, 0.25) is 5.91 Å². The Kier molecular flexibility index (Phi) is 5.81. The van der Waals surface area contributed by atoms with Crippen LogP contribution in [-0.4, -0.2) is 29.6 Å². The molecule has 1 fully saturated rings. The zero-order valence-corrected chi connectivity index (χ0v) is 12.9. The lowest BCUT2D eigenvalue weighted by Gasteiger charge is -2.14. The van der Waals surface area contributed by atoms with Gasteiger partial charge in [0.25, 0.3) is 0 Å². The van der Waals surface area contributed by atoms with Gasteiger partial charge in [-0.15, -0.1) is 0 Å². The van der Waals surface area contributed by atoms with E-state index >= 15 is 0 Å². The van der Waals surface area contributed by atoms with E-state index in [1.807, 2.05) is 31.2 Å². The average Bonchev–Trinajstić information content (AvgIpc) is 3.27. The molecule has 5 heteroatoms. The van der Waals surface area contributed by atoms with Crippen LogP contribution in [0.1, 0.15) is 37.7 Å². The molecule has 22 heavy (non-hydrogen) atoms. The predicted octanol–water partition coefficient (Wildman–Crippen LogP) is 2.52. The minimum atomic E-state index is -0.948. The second kappa shape index (κ2) is 7.82. The zero-order valence-electron chi connectivity index (χ0n) is 12.9. The summed E-state index contributed by atoms with van der Waals surface area (Å²) in [6, 6.07) is 6.98. The van der Waals surface area contributed by atoms with Gasteiger partial charge >= 0.3 is 5.97 Å². The minimum Gasteiger partial charge on any atom is -0.494 e. The van der Waals surface area contributed by atoms with Crippen molar-refractivity contribution in [1.82, 2.24) is 5.32 Å². The first-order valence-electron chi connectivity index (χ1n) is 7.76. The number of carboxylic acids is 1. The van der Waals surface area contributed by atoms with Crippen molar-refractivity contribution >= 4 is 11.9 Å². The van der Waals surface area contributed by atoms with Gasteiger partial charge in [0.1, 0.15) is 11.8 Å². The molecular formula is C17H23NO4. The second-order valence-electron chi connectivity index (χ2n) is 5.91. The van der Waals surface area contributed by atoms with Crippen LogP contribution in [-0.2, 0) is 9.59 Å². The molecule has 1 aliphatic carbocycles. The summed E-state index contributed by atoms with van der Waals surface area (Å²) in [4.78, 5) is 22.9. The zero-order chi connectivity index (χ0) is 15.9. The van der Waals surface area contributed by atoms with Gasteiger partial charge in [0.15, 0.2) is 0 Å². The Morgan fingerprint density at radius 3 is 2.82 bits per heavy atom. The molecule has 0 aliphatic heterocycles. The van der Waals surface area contributed by atoms with Crippen LogP contribution in [0.2, 0.25) is 0 Å². The Bertz CT molecular complexity index is 525. The van der Waals surface area contributed by atoms with Crippen molar-refractivity contribution in [3.63, 3.8) is 0 Å². The molecule has 0 saturated heterocycles. The smallest absolute Gasteiger partial charge is 0.326 e. The topological polar surface area (TPSA) is 75.6 Å². The van der Waals surface area contributed by atoms with Crippen molar-refractivity contribution in [1.29, 1.82) is 0 Å². The van der Waals surface area contributed by atoms with Crippen molar-refractivity contribution in [2.45, 2.75) is 45.1 Å². The summed E-state index contributed by atoms with van der Waals surface area (Å²) < 4.78 is 5.57. The lowest BCUT2D eigenvalue weighted by Crippen LogP contribution is -2.41. The van der Waals surface area contributed by atoms with Crippen LogP contribution < -0.4 is 10.1 Å². The van der Waals surface area contributed by atoms with Crippen molar-refractivity contribution in [2.75, 3.05) is 6.61 Å². The van der Waals surface area contributed by atoms with Gasteiger partial charge in [-0.1, -0.05) is 25.0 Å². The molecule has 1 aromatic rings. The SMILES string of the molecule is Cc1cccc(OCCCC(=O)NC(CC2CC2)C(=O)O)c1. The monoisotopic (exact) mass is 305 g/mol. The quantitative estimate of drug-likeness (QED) is 0.687. The standard InChI is InChI=1S/C17H23NO4/c1-12-4-2-5-14(10-12)22-9-3-6-16(19)18-15(17(20)21)11-13-7-8-13/h2,4-5,10,13,15H,3,6-9,11H2,1H3,(H,18,19)(H,20,21). The number of aryl methyl sites for hydroxylation is 1. The van der Waals surface area contributed by atoms with E-state index in [-0.39, 0.29) is 12.3 Å². The molecule has 1 aliphatic rings. The molecule has 5 nitrogen and oxygen atoms in total. The van der Waals surface area contributed by atoms with Crippen molar-refractivity contribution in [2.24, 2.45) is 5.92 Å². The maximum Gasteiger partial charge on any atom is 0.326 e. The van der Waals surface area contributed by atoms with E-state index in [2.05, 4.69) is 5.32 Å². The summed E-state index contributed by atoms with van der Waals surface area (Å²) in [5, 5.41) is 11.7. The van der Waals surface area contributed by atoms with Crippen LogP contribution in [0.5, 0.6) is 5.75 Å². The molecule has 0 radical (unpaired) electrons. The summed E-state index contributed by atoms with van der Waals surface area (Å²) in [6.45, 7) is 2.43. The number of ether oxygens (including phenoxy) is 1. The second-order valence-corrected chi connectivity index (χ2v) is 5.91. The molecule has 0 spiro atoms. The predicted molar refractivity (Wildman–Crippen MR) is 82.8 cm³/mol. The summed E-state index contributed by atoms with van der Waals surface area (Å²) in [7, 11) is 0. The fraction of sp³-hybridized carbons (Fsp3) is 0.529. The van der Waals surface area contributed by atoms with Gasteiger partial charge in [-0.05, 0) is 43.4 Å². The number of amides is 1. The molecule has 1 unspecified atom stereocenters. The Morgan fingerprint density at radius 2 is 2.18 bits per heavy atom. The highest BCUT2D eigenvalue weighted by atomic mass is 16.5. The molecule has 1 amide bonds. The largest absolute Gasteiger partial charge is 0.494 e. The van der Waals surface area contributed by atoms with E-state index in [9.17, 15) is 9.59 Å². The van der Waals surface area contributed by atoms with Gasteiger partial charge in [-0.25, -0.2) is 4.79 Å². The number of carbonyl (C=O) groups excluding carboxylic acids is 1. The van der Waals surface area contributed by atoms with Crippen molar-refractivity contribution < 1.29 is 19.4 Å². The highest BCUT2D eigenvalue weighted by molar-refractivity contribution is 5.83. The number of hydrogen-bond donors (Lipinski definition) is 2. The minimum absolute atomic E-state index is 0.221. The highest BCUT2D eigenvalue weighted by Crippen LogP contribution is 2.33. The molecule has 1 atom stereocenters. The van der Waals surface area contributed by atoms with Crippen molar-refractivity contribution in [3.8, 4) is 5.75 Å². The van der Waals surface area contributed by atoms with Gasteiger partial charge in [0.05, 0.1) is 6.61 Å². The van der Waals surface area contributed by atoms with Gasteiger partial charge < -0.3 is 15.2 Å². The van der Waals surface area contributed by atoms with Crippen LogP contribution in [0.3, 0.4) is 0 Å². The van der Waals surface area contributed by atoms with Crippen LogP contribution in [0.15, 0.2) is 24.3 Å². The lowest BCUT2D eigenvalue weighted by molar-refractivity contribution is -0.142. The molecular weight excluding hydrogens is 282 g/mol. The normalized spacial score (nSPS) is 15.1. The number of hydrogen-bond acceptors (Lipinski definition) is 3. The molecule has 0 bridgehead atoms. The van der Waals surface area contributed by atoms with E-state index in [1.165, 1.54) is 0 Å². The number of carbonyl (C=O) groups is 2. The third kappa shape index (κ3) is 5.76. The highest BCUT2D eigenvalue weighted by Gasteiger charge is 2.29. The third-order valence-electron chi connectivity index (χ3n) is 3.71. The third-order valence-corrected chi connectivity index (χ3v) is 3.71. The number of carboxylic acid groups (broad SMARTS) is 1. The molecule has 0 heterocycles. The maximum absolute atomic E-state index is 11.8. The maximum atomic E-state index is 11.8. The van der Waals surface area contributed by atoms with E-state index in [1.54, 1.807) is 0 Å². The molecule has 2 rings (SSSR count).